The van der Waals surface area contributed by atoms with Crippen molar-refractivity contribution >= 4 is 16.1 Å². The van der Waals surface area contributed by atoms with Crippen LogP contribution in [0.3, 0.4) is 0 Å². The molecule has 0 spiro atoms. The molecule has 0 aromatic carbocycles. The van der Waals surface area contributed by atoms with Gasteiger partial charge in [0, 0.05) is 0 Å². The molecule has 1 fully saturated rings. The van der Waals surface area contributed by atoms with Gasteiger partial charge >= 0.3 is 118 Å². The van der Waals surface area contributed by atoms with Gasteiger partial charge in [-0.1, -0.05) is 0 Å². The fourth-order valence-corrected chi connectivity index (χ4v) is 2.34. The van der Waals surface area contributed by atoms with Gasteiger partial charge in [0.2, 0.25) is 0 Å². The van der Waals surface area contributed by atoms with Gasteiger partial charge in [-0.3, -0.25) is 0 Å². The molecule has 18 heavy (non-hydrogen) atoms. The summed E-state index contributed by atoms with van der Waals surface area (Å²) in [6.45, 7) is 0. The first kappa shape index (κ1) is 15.0. The van der Waals surface area contributed by atoms with E-state index in [0.29, 0.717) is 11.4 Å². The number of carbonyl (C=O) groups is 1. The minimum absolute atomic E-state index is 0.219. The van der Waals surface area contributed by atoms with Crippen LogP contribution in [-0.2, 0) is 28.9 Å². The Balaban J connectivity index is 2.98. The third-order valence-corrected chi connectivity index (χ3v) is 3.68. The number of nitriles is 1. The topological polar surface area (TPSA) is 62.4 Å². The van der Waals surface area contributed by atoms with Gasteiger partial charge in [-0.15, -0.1) is 0 Å². The molecule has 1 aliphatic carbocycles. The number of ether oxygens (including phenoxy) is 1. The molecule has 1 aliphatic rings. The molecule has 1 rings (SSSR count). The van der Waals surface area contributed by atoms with Crippen molar-refractivity contribution in [3.63, 3.8) is 0 Å². The minimum atomic E-state index is -0.528. The van der Waals surface area contributed by atoms with Crippen molar-refractivity contribution in [2.24, 2.45) is 10.9 Å². The van der Waals surface area contributed by atoms with E-state index in [-0.39, 0.29) is 5.92 Å². The van der Waals surface area contributed by atoms with E-state index in [2.05, 4.69) is 15.8 Å². The van der Waals surface area contributed by atoms with Gasteiger partial charge in [0.05, 0.1) is 0 Å². The van der Waals surface area contributed by atoms with E-state index in [0.717, 1.165) is 45.0 Å². The molecule has 0 heterocycles. The van der Waals surface area contributed by atoms with Crippen LogP contribution in [0.25, 0.3) is 0 Å². The van der Waals surface area contributed by atoms with Crippen LogP contribution in [-0.4, -0.2) is 23.2 Å². The molecular formula is C13H15N2O2W-. The Morgan fingerprint density at radius 1 is 1.50 bits per heavy atom. The van der Waals surface area contributed by atoms with Gasteiger partial charge < -0.3 is 0 Å². The van der Waals surface area contributed by atoms with Gasteiger partial charge in [0.15, 0.2) is 0 Å². The third-order valence-electron chi connectivity index (χ3n) is 2.87. The molecule has 1 saturated carbocycles. The first-order chi connectivity index (χ1) is 8.71. The molecule has 0 unspecified atom stereocenters. The molecule has 96 valence electrons. The van der Waals surface area contributed by atoms with Crippen molar-refractivity contribution in [3.05, 3.63) is 11.8 Å². The summed E-state index contributed by atoms with van der Waals surface area (Å²) in [7, 11) is 1.32. The number of rotatable bonds is 4. The third kappa shape index (κ3) is 4.66. The van der Waals surface area contributed by atoms with Crippen LogP contribution in [0.1, 0.15) is 32.1 Å². The van der Waals surface area contributed by atoms with Gasteiger partial charge in [0.25, 0.3) is 0 Å². The Hall–Kier alpha value is -1.07. The maximum atomic E-state index is 11.3. The Kier molecular flexibility index (Phi) is 6.75. The number of hydrogen-bond acceptors (Lipinski definition) is 4. The van der Waals surface area contributed by atoms with Crippen LogP contribution in [0.15, 0.2) is 10.7 Å². The zero-order valence-electron chi connectivity index (χ0n) is 10.3. The van der Waals surface area contributed by atoms with Crippen molar-refractivity contribution in [3.8, 4) is 6.07 Å². The Morgan fingerprint density at radius 3 is 2.67 bits per heavy atom. The van der Waals surface area contributed by atoms with Crippen molar-refractivity contribution in [1.82, 2.24) is 0 Å². The average Bonchev–Trinajstić information content (AvgIpc) is 2.44. The van der Waals surface area contributed by atoms with Crippen LogP contribution in [0, 0.1) is 23.3 Å². The normalized spacial score (nSPS) is 18.0. The van der Waals surface area contributed by atoms with E-state index < -0.39 is 5.97 Å². The van der Waals surface area contributed by atoms with Crippen molar-refractivity contribution in [2.45, 2.75) is 32.1 Å². The van der Waals surface area contributed by atoms with E-state index >= 15 is 0 Å². The predicted octanol–water partition coefficient (Wildman–Crippen LogP) is 1.74. The predicted molar refractivity (Wildman–Crippen MR) is 64.5 cm³/mol. The molecular weight excluding hydrogens is 400 g/mol. The van der Waals surface area contributed by atoms with Gasteiger partial charge in [-0.05, 0) is 0 Å². The van der Waals surface area contributed by atoms with Crippen LogP contribution in [0.4, 0.5) is 0 Å². The summed E-state index contributed by atoms with van der Waals surface area (Å²) in [5.74, 6) is -0.309. The first-order valence-electron chi connectivity index (χ1n) is 5.87. The van der Waals surface area contributed by atoms with Gasteiger partial charge in [-0.2, -0.15) is 0 Å². The monoisotopic (exact) mass is 415 g/mol. The molecule has 0 atom stereocenters. The van der Waals surface area contributed by atoms with Gasteiger partial charge in [0.1, 0.15) is 0 Å². The molecule has 0 radical (unpaired) electrons. The second-order valence-corrected chi connectivity index (χ2v) is 4.91. The number of hydrogen-bond donors (Lipinski definition) is 0. The Morgan fingerprint density at radius 2 is 2.17 bits per heavy atom. The fourth-order valence-electron chi connectivity index (χ4n) is 1.96. The van der Waals surface area contributed by atoms with Crippen molar-refractivity contribution in [2.75, 3.05) is 7.11 Å². The molecule has 0 N–H and O–H groups in total. The first-order valence-corrected chi connectivity index (χ1v) is 7.56. The van der Waals surface area contributed by atoms with E-state index in [1.165, 1.54) is 13.5 Å². The number of aliphatic imine (C=N–C) groups is 1. The Labute approximate surface area is 118 Å². The number of nitrogens with zero attached hydrogens (tertiary/aromatic N) is 2. The Bertz CT molecular complexity index is 415. The van der Waals surface area contributed by atoms with E-state index in [4.69, 9.17) is 5.26 Å². The molecule has 0 aliphatic heterocycles. The summed E-state index contributed by atoms with van der Waals surface area (Å²) < 4.78 is 6.30. The molecule has 0 aromatic rings. The summed E-state index contributed by atoms with van der Waals surface area (Å²) in [6, 6.07) is 2.01. The second kappa shape index (κ2) is 8.10. The SMILES string of the molecule is COC(=O)[C-]=C(N=C(C#N)[CH]=[W])C1CCCCC1. The number of methoxy groups -OCH3 is 1. The van der Waals surface area contributed by atoms with Crippen LogP contribution in [0.2, 0.25) is 0 Å². The number of esters is 1. The number of carbonyl (C=O) groups excluding carboxylic acids is 1. The molecule has 0 saturated heterocycles. The molecule has 0 amide bonds. The molecule has 0 bridgehead atoms. The fraction of sp³-hybridized carbons (Fsp3) is 0.538. The van der Waals surface area contributed by atoms with Crippen LogP contribution >= 0.6 is 0 Å². The maximum absolute atomic E-state index is 11.3. The summed E-state index contributed by atoms with van der Waals surface area (Å²) in [4.78, 5) is 15.6. The van der Waals surface area contributed by atoms with Crippen LogP contribution in [0.5, 0.6) is 0 Å². The number of allylic oxidation sites excluding steroid dienone is 1. The van der Waals surface area contributed by atoms with E-state index in [1.807, 2.05) is 6.07 Å². The molecule has 0 aromatic heterocycles. The second-order valence-electron chi connectivity index (χ2n) is 4.06. The van der Waals surface area contributed by atoms with Crippen LogP contribution < -0.4 is 0 Å². The van der Waals surface area contributed by atoms with Crippen molar-refractivity contribution < 1.29 is 28.9 Å². The van der Waals surface area contributed by atoms with E-state index in [9.17, 15) is 4.79 Å². The van der Waals surface area contributed by atoms with Crippen molar-refractivity contribution in [1.29, 1.82) is 5.26 Å². The molecule has 5 heteroatoms. The van der Waals surface area contributed by atoms with E-state index in [1.54, 1.807) is 4.40 Å². The summed E-state index contributed by atoms with van der Waals surface area (Å²) in [5, 5.41) is 8.91. The standard InChI is InChI=1S/C13H15N2O2.W/c1-10(9-14)15-12(8-13(16)17-2)11-6-4-3-5-7-11;/h1,11H,3-7H2,2H3;/q-1;. The molecule has 4 nitrogen and oxygen atoms in total. The average molecular weight is 415 g/mol. The summed E-state index contributed by atoms with van der Waals surface area (Å²) >= 11 is 1.16. The summed E-state index contributed by atoms with van der Waals surface area (Å²) in [6.07, 6.45) is 8.13. The summed E-state index contributed by atoms with van der Waals surface area (Å²) in [5.41, 5.74) is 0.914. The van der Waals surface area contributed by atoms with Gasteiger partial charge in [-0.25, -0.2) is 0 Å². The zero-order chi connectivity index (χ0) is 13.4. The zero-order valence-corrected chi connectivity index (χ0v) is 13.2. The quantitative estimate of drug-likeness (QED) is 0.304.